The maximum atomic E-state index is 12.1. The molecule has 4 N–H and O–H groups in total. The van der Waals surface area contributed by atoms with Crippen molar-refractivity contribution >= 4 is 28.9 Å². The van der Waals surface area contributed by atoms with Gasteiger partial charge in [0, 0.05) is 17.8 Å². The number of nitrogens with one attached hydrogen (secondary N) is 2. The summed E-state index contributed by atoms with van der Waals surface area (Å²) in [5.41, 5.74) is 9.30. The number of rotatable bonds is 4. The van der Waals surface area contributed by atoms with Crippen LogP contribution in [0.1, 0.15) is 28.4 Å². The molecule has 0 radical (unpaired) electrons. The Hall–Kier alpha value is -2.24. The zero-order valence-electron chi connectivity index (χ0n) is 12.4. The first-order valence-corrected chi connectivity index (χ1v) is 7.54. The third kappa shape index (κ3) is 3.90. The minimum Gasteiger partial charge on any atom is -0.332 e. The van der Waals surface area contributed by atoms with E-state index in [2.05, 4.69) is 17.6 Å². The number of amides is 1. The van der Waals surface area contributed by atoms with Crippen LogP contribution < -0.4 is 16.4 Å². The molecule has 0 spiro atoms. The quantitative estimate of drug-likeness (QED) is 0.759. The molecule has 2 aromatic rings. The molecule has 0 saturated carbocycles. The molecule has 0 bridgehead atoms. The van der Waals surface area contributed by atoms with Crippen LogP contribution in [0.2, 0.25) is 0 Å². The van der Waals surface area contributed by atoms with Crippen LogP contribution in [-0.2, 0) is 13.0 Å². The molecule has 0 unspecified atom stereocenters. The Labute approximate surface area is 135 Å². The van der Waals surface area contributed by atoms with Crippen molar-refractivity contribution in [2.24, 2.45) is 5.73 Å². The molecule has 1 amide bonds. The smallest absolute Gasteiger partial charge is 0.257 e. The highest BCUT2D eigenvalue weighted by atomic mass is 32.1. The Bertz CT molecular complexity index is 649. The van der Waals surface area contributed by atoms with Gasteiger partial charge >= 0.3 is 0 Å². The molecule has 0 atom stereocenters. The minimum atomic E-state index is -0.235. The summed E-state index contributed by atoms with van der Waals surface area (Å²) in [6, 6.07) is 14.9. The van der Waals surface area contributed by atoms with Crippen LogP contribution >= 0.6 is 12.2 Å². The molecule has 0 aliphatic rings. The number of nitrogens with two attached hydrogens (primary N) is 1. The van der Waals surface area contributed by atoms with Crippen molar-refractivity contribution in [3.8, 4) is 0 Å². The van der Waals surface area contributed by atoms with Crippen molar-refractivity contribution in [3.63, 3.8) is 0 Å². The summed E-state index contributed by atoms with van der Waals surface area (Å²) in [7, 11) is 0. The highest BCUT2D eigenvalue weighted by molar-refractivity contribution is 7.80. The predicted octanol–water partition coefficient (Wildman–Crippen LogP) is 2.83. The van der Waals surface area contributed by atoms with Crippen molar-refractivity contribution in [2.45, 2.75) is 19.9 Å². The molecule has 114 valence electrons. The largest absolute Gasteiger partial charge is 0.332 e. The van der Waals surface area contributed by atoms with Crippen LogP contribution in [0.25, 0.3) is 0 Å². The maximum Gasteiger partial charge on any atom is 0.257 e. The van der Waals surface area contributed by atoms with Crippen molar-refractivity contribution in [3.05, 3.63) is 65.2 Å². The van der Waals surface area contributed by atoms with Gasteiger partial charge in [0.05, 0.1) is 0 Å². The number of thiocarbonyl (C=S) groups is 1. The van der Waals surface area contributed by atoms with Crippen molar-refractivity contribution in [1.29, 1.82) is 0 Å². The van der Waals surface area contributed by atoms with E-state index in [9.17, 15) is 4.79 Å². The van der Waals surface area contributed by atoms with Gasteiger partial charge in [-0.3, -0.25) is 10.1 Å². The lowest BCUT2D eigenvalue weighted by molar-refractivity contribution is 0.0977. The van der Waals surface area contributed by atoms with Crippen molar-refractivity contribution in [1.82, 2.24) is 5.32 Å². The van der Waals surface area contributed by atoms with E-state index in [1.54, 1.807) is 12.1 Å². The van der Waals surface area contributed by atoms with E-state index in [0.717, 1.165) is 23.2 Å². The number of para-hydroxylation sites is 1. The molecule has 5 heteroatoms. The van der Waals surface area contributed by atoms with Crippen LogP contribution in [0.15, 0.2) is 48.5 Å². The van der Waals surface area contributed by atoms with Gasteiger partial charge in [-0.1, -0.05) is 43.3 Å². The number of hydrogen-bond donors (Lipinski definition) is 3. The molecule has 2 aromatic carbocycles. The van der Waals surface area contributed by atoms with E-state index in [-0.39, 0.29) is 11.0 Å². The Morgan fingerprint density at radius 2 is 1.77 bits per heavy atom. The fourth-order valence-electron chi connectivity index (χ4n) is 2.19. The summed E-state index contributed by atoms with van der Waals surface area (Å²) in [6.07, 6.45) is 0.853. The topological polar surface area (TPSA) is 67.2 Å². The van der Waals surface area contributed by atoms with Gasteiger partial charge in [0.15, 0.2) is 5.11 Å². The van der Waals surface area contributed by atoms with E-state index in [0.29, 0.717) is 12.1 Å². The number of carbonyl (C=O) groups excluding carboxylic acids is 1. The highest BCUT2D eigenvalue weighted by Gasteiger charge is 2.11. The van der Waals surface area contributed by atoms with Gasteiger partial charge in [0.1, 0.15) is 0 Å². The van der Waals surface area contributed by atoms with Gasteiger partial charge in [-0.15, -0.1) is 0 Å². The van der Waals surface area contributed by atoms with E-state index in [4.69, 9.17) is 18.0 Å². The molecular weight excluding hydrogens is 294 g/mol. The summed E-state index contributed by atoms with van der Waals surface area (Å²) in [6.45, 7) is 2.47. The van der Waals surface area contributed by atoms with E-state index < -0.39 is 0 Å². The molecular formula is C17H19N3OS. The number of hydrogen-bond acceptors (Lipinski definition) is 3. The molecule has 2 rings (SSSR count). The second-order valence-corrected chi connectivity index (χ2v) is 5.19. The molecule has 4 nitrogen and oxygen atoms in total. The summed E-state index contributed by atoms with van der Waals surface area (Å²) in [5.74, 6) is -0.235. The van der Waals surface area contributed by atoms with E-state index >= 15 is 0 Å². The molecule has 0 heterocycles. The Morgan fingerprint density at radius 1 is 1.09 bits per heavy atom. The summed E-state index contributed by atoms with van der Waals surface area (Å²) in [4.78, 5) is 12.1. The fraction of sp³-hybridized carbons (Fsp3) is 0.176. The van der Waals surface area contributed by atoms with Crippen LogP contribution in [0, 0.1) is 0 Å². The normalized spacial score (nSPS) is 10.1. The van der Waals surface area contributed by atoms with Crippen LogP contribution in [0.5, 0.6) is 0 Å². The third-order valence-corrected chi connectivity index (χ3v) is 3.54. The average Bonchev–Trinajstić information content (AvgIpc) is 2.55. The van der Waals surface area contributed by atoms with Gasteiger partial charge < -0.3 is 11.1 Å². The Morgan fingerprint density at radius 3 is 2.41 bits per heavy atom. The van der Waals surface area contributed by atoms with E-state index in [1.807, 2.05) is 36.4 Å². The highest BCUT2D eigenvalue weighted by Crippen LogP contribution is 2.21. The van der Waals surface area contributed by atoms with Crippen molar-refractivity contribution in [2.75, 3.05) is 5.32 Å². The van der Waals surface area contributed by atoms with Gasteiger partial charge in [-0.25, -0.2) is 0 Å². The first-order chi connectivity index (χ1) is 10.7. The van der Waals surface area contributed by atoms with Gasteiger partial charge in [-0.05, 0) is 41.9 Å². The average molecular weight is 313 g/mol. The lowest BCUT2D eigenvalue weighted by Gasteiger charge is -2.16. The molecule has 0 aliphatic carbocycles. The number of benzene rings is 2. The van der Waals surface area contributed by atoms with Crippen LogP contribution in [0.3, 0.4) is 0 Å². The van der Waals surface area contributed by atoms with Gasteiger partial charge in [0.2, 0.25) is 0 Å². The van der Waals surface area contributed by atoms with Crippen LogP contribution in [0.4, 0.5) is 5.69 Å². The monoisotopic (exact) mass is 313 g/mol. The Balaban J connectivity index is 2.11. The third-order valence-electron chi connectivity index (χ3n) is 3.34. The predicted molar refractivity (Wildman–Crippen MR) is 93.8 cm³/mol. The standard InChI is InChI=1S/C17H19N3OS/c1-2-12-9-6-10-14(11-18)15(12)19-17(22)20-16(21)13-7-4-3-5-8-13/h3-10H,2,11,18H2,1H3,(H2,19,20,21,22). The number of carbonyl (C=O) groups is 1. The summed E-state index contributed by atoms with van der Waals surface area (Å²) in [5, 5.41) is 6.06. The minimum absolute atomic E-state index is 0.235. The molecule has 0 fully saturated rings. The van der Waals surface area contributed by atoms with Crippen LogP contribution in [-0.4, -0.2) is 11.0 Å². The Kier molecular flexibility index (Phi) is 5.63. The van der Waals surface area contributed by atoms with Crippen molar-refractivity contribution < 1.29 is 4.79 Å². The lowest BCUT2D eigenvalue weighted by atomic mass is 10.1. The maximum absolute atomic E-state index is 12.1. The summed E-state index contributed by atoms with van der Waals surface area (Å²) < 4.78 is 0. The SMILES string of the molecule is CCc1cccc(CN)c1NC(=S)NC(=O)c1ccccc1. The zero-order chi connectivity index (χ0) is 15.9. The van der Waals surface area contributed by atoms with E-state index in [1.165, 1.54) is 0 Å². The first-order valence-electron chi connectivity index (χ1n) is 7.14. The number of aryl methyl sites for hydroxylation is 1. The number of anilines is 1. The molecule has 22 heavy (non-hydrogen) atoms. The second-order valence-electron chi connectivity index (χ2n) is 4.78. The fourth-order valence-corrected chi connectivity index (χ4v) is 2.38. The molecule has 0 saturated heterocycles. The second kappa shape index (κ2) is 7.68. The molecule has 0 aromatic heterocycles. The van der Waals surface area contributed by atoms with Gasteiger partial charge in [-0.2, -0.15) is 0 Å². The lowest BCUT2D eigenvalue weighted by Crippen LogP contribution is -2.34. The molecule has 0 aliphatic heterocycles. The summed E-state index contributed by atoms with van der Waals surface area (Å²) >= 11 is 5.24. The first kappa shape index (κ1) is 16.1. The van der Waals surface area contributed by atoms with Gasteiger partial charge in [0.25, 0.3) is 5.91 Å². The zero-order valence-corrected chi connectivity index (χ0v) is 13.2.